The van der Waals surface area contributed by atoms with Gasteiger partial charge in [0, 0.05) is 21.4 Å². The summed E-state index contributed by atoms with van der Waals surface area (Å²) in [6, 6.07) is 6.62. The van der Waals surface area contributed by atoms with Gasteiger partial charge in [0.2, 0.25) is 0 Å². The molecule has 1 N–H and O–H groups in total. The molecule has 1 aromatic carbocycles. The molecule has 0 unspecified atom stereocenters. The van der Waals surface area contributed by atoms with Crippen LogP contribution in [0.1, 0.15) is 20.1 Å². The van der Waals surface area contributed by atoms with Crippen molar-refractivity contribution in [3.8, 4) is 0 Å². The third-order valence-electron chi connectivity index (χ3n) is 2.34. The first kappa shape index (κ1) is 12.7. The Morgan fingerprint density at radius 1 is 1.22 bits per heavy atom. The second-order valence-corrected chi connectivity index (χ2v) is 5.23. The maximum Gasteiger partial charge on any atom is 0.251 e. The van der Waals surface area contributed by atoms with Crippen LogP contribution in [0.4, 0.5) is 8.78 Å². The molecule has 5 heteroatoms. The normalized spacial score (nSPS) is 10.4. The number of hydrogen-bond acceptors (Lipinski definition) is 2. The molecule has 0 bridgehead atoms. The summed E-state index contributed by atoms with van der Waals surface area (Å²) in [5, 5.41) is 2.62. The van der Waals surface area contributed by atoms with E-state index in [4.69, 9.17) is 0 Å². The standard InChI is InChI=1S/C13H11F2NOS/c1-8-2-3-12(18-8)7-16-13(17)9-4-10(14)6-11(15)5-9/h2-6H,7H2,1H3,(H,16,17). The maximum absolute atomic E-state index is 12.9. The van der Waals surface area contributed by atoms with Crippen LogP contribution < -0.4 is 5.32 Å². The molecule has 1 amide bonds. The highest BCUT2D eigenvalue weighted by atomic mass is 32.1. The zero-order valence-electron chi connectivity index (χ0n) is 9.67. The fourth-order valence-corrected chi connectivity index (χ4v) is 2.36. The zero-order valence-corrected chi connectivity index (χ0v) is 10.5. The van der Waals surface area contributed by atoms with Gasteiger partial charge in [-0.3, -0.25) is 4.79 Å². The first-order valence-electron chi connectivity index (χ1n) is 5.34. The van der Waals surface area contributed by atoms with Gasteiger partial charge in [0.05, 0.1) is 6.54 Å². The summed E-state index contributed by atoms with van der Waals surface area (Å²) in [6.45, 7) is 2.33. The molecule has 0 aliphatic carbocycles. The van der Waals surface area contributed by atoms with E-state index in [9.17, 15) is 13.6 Å². The quantitative estimate of drug-likeness (QED) is 0.908. The van der Waals surface area contributed by atoms with Crippen molar-refractivity contribution in [2.45, 2.75) is 13.5 Å². The predicted molar refractivity (Wildman–Crippen MR) is 66.6 cm³/mol. The summed E-state index contributed by atoms with van der Waals surface area (Å²) >= 11 is 1.57. The maximum atomic E-state index is 12.9. The van der Waals surface area contributed by atoms with E-state index in [1.54, 1.807) is 11.3 Å². The molecule has 0 atom stereocenters. The Labute approximate surface area is 107 Å². The molecule has 1 aromatic heterocycles. The Balaban J connectivity index is 2.03. The van der Waals surface area contributed by atoms with Gasteiger partial charge in [0.15, 0.2) is 0 Å². The van der Waals surface area contributed by atoms with Gasteiger partial charge in [-0.2, -0.15) is 0 Å². The Kier molecular flexibility index (Phi) is 3.72. The van der Waals surface area contributed by atoms with Gasteiger partial charge in [-0.05, 0) is 31.2 Å². The average Bonchev–Trinajstić information content (AvgIpc) is 2.70. The summed E-state index contributed by atoms with van der Waals surface area (Å²) < 4.78 is 25.9. The molecule has 2 rings (SSSR count). The molecule has 0 aliphatic heterocycles. The number of halogens is 2. The third-order valence-corrected chi connectivity index (χ3v) is 3.34. The van der Waals surface area contributed by atoms with Crippen LogP contribution in [0.3, 0.4) is 0 Å². The van der Waals surface area contributed by atoms with E-state index >= 15 is 0 Å². The summed E-state index contributed by atoms with van der Waals surface area (Å²) in [5.41, 5.74) is -0.0132. The summed E-state index contributed by atoms with van der Waals surface area (Å²) in [7, 11) is 0. The number of thiophene rings is 1. The minimum absolute atomic E-state index is 0.0132. The second kappa shape index (κ2) is 5.27. The lowest BCUT2D eigenvalue weighted by molar-refractivity contribution is 0.0950. The van der Waals surface area contributed by atoms with Gasteiger partial charge in [-0.15, -0.1) is 11.3 Å². The summed E-state index contributed by atoms with van der Waals surface area (Å²) in [5.74, 6) is -2.00. The van der Waals surface area contributed by atoms with Crippen LogP contribution in [-0.4, -0.2) is 5.91 Å². The number of amides is 1. The van der Waals surface area contributed by atoms with Crippen LogP contribution in [-0.2, 0) is 6.54 Å². The number of carbonyl (C=O) groups is 1. The number of aryl methyl sites for hydroxylation is 1. The van der Waals surface area contributed by atoms with Crippen LogP contribution in [0.5, 0.6) is 0 Å². The highest BCUT2D eigenvalue weighted by molar-refractivity contribution is 7.11. The van der Waals surface area contributed by atoms with E-state index in [-0.39, 0.29) is 5.56 Å². The summed E-state index contributed by atoms with van der Waals surface area (Å²) in [6.07, 6.45) is 0. The van der Waals surface area contributed by atoms with Crippen molar-refractivity contribution >= 4 is 17.2 Å². The molecule has 2 nitrogen and oxygen atoms in total. The fraction of sp³-hybridized carbons (Fsp3) is 0.154. The second-order valence-electron chi connectivity index (χ2n) is 3.85. The van der Waals surface area contributed by atoms with Gasteiger partial charge < -0.3 is 5.32 Å². The molecule has 2 aromatic rings. The van der Waals surface area contributed by atoms with Crippen LogP contribution in [0.2, 0.25) is 0 Å². The largest absolute Gasteiger partial charge is 0.347 e. The number of hydrogen-bond donors (Lipinski definition) is 1. The molecule has 0 saturated carbocycles. The van der Waals surface area contributed by atoms with Crippen LogP contribution in [0.15, 0.2) is 30.3 Å². The Morgan fingerprint density at radius 2 is 1.89 bits per heavy atom. The lowest BCUT2D eigenvalue weighted by Gasteiger charge is -2.04. The molecule has 0 radical (unpaired) electrons. The van der Waals surface area contributed by atoms with Crippen molar-refractivity contribution in [3.63, 3.8) is 0 Å². The lowest BCUT2D eigenvalue weighted by atomic mass is 10.2. The number of nitrogens with one attached hydrogen (secondary N) is 1. The van der Waals surface area contributed by atoms with E-state index in [0.717, 1.165) is 28.0 Å². The third kappa shape index (κ3) is 3.13. The van der Waals surface area contributed by atoms with Crippen LogP contribution in [0.25, 0.3) is 0 Å². The van der Waals surface area contributed by atoms with E-state index in [0.29, 0.717) is 6.54 Å². The smallest absolute Gasteiger partial charge is 0.251 e. The number of rotatable bonds is 3. The molecule has 0 spiro atoms. The van der Waals surface area contributed by atoms with Gasteiger partial charge in [0.25, 0.3) is 5.91 Å². The van der Waals surface area contributed by atoms with E-state index in [1.807, 2.05) is 19.1 Å². The average molecular weight is 267 g/mol. The number of benzene rings is 1. The van der Waals surface area contributed by atoms with Crippen molar-refractivity contribution < 1.29 is 13.6 Å². The van der Waals surface area contributed by atoms with Crippen molar-refractivity contribution in [2.75, 3.05) is 0 Å². The highest BCUT2D eigenvalue weighted by Gasteiger charge is 2.09. The Morgan fingerprint density at radius 3 is 2.44 bits per heavy atom. The van der Waals surface area contributed by atoms with Crippen molar-refractivity contribution in [3.05, 3.63) is 57.3 Å². The monoisotopic (exact) mass is 267 g/mol. The van der Waals surface area contributed by atoms with Gasteiger partial charge in [-0.25, -0.2) is 8.78 Å². The van der Waals surface area contributed by atoms with Crippen LogP contribution >= 0.6 is 11.3 Å². The molecule has 0 aliphatic rings. The molecule has 94 valence electrons. The Hall–Kier alpha value is -1.75. The van der Waals surface area contributed by atoms with Crippen molar-refractivity contribution in [1.82, 2.24) is 5.32 Å². The molecule has 1 heterocycles. The molecule has 0 fully saturated rings. The molecular weight excluding hydrogens is 256 g/mol. The predicted octanol–water partition coefficient (Wildman–Crippen LogP) is 3.26. The summed E-state index contributed by atoms with van der Waals surface area (Å²) in [4.78, 5) is 13.8. The van der Waals surface area contributed by atoms with Gasteiger partial charge in [-0.1, -0.05) is 0 Å². The highest BCUT2D eigenvalue weighted by Crippen LogP contribution is 2.15. The van der Waals surface area contributed by atoms with Crippen molar-refractivity contribution in [1.29, 1.82) is 0 Å². The van der Waals surface area contributed by atoms with Crippen molar-refractivity contribution in [2.24, 2.45) is 0 Å². The molecular formula is C13H11F2NOS. The lowest BCUT2D eigenvalue weighted by Crippen LogP contribution is -2.22. The minimum atomic E-state index is -0.757. The fourth-order valence-electron chi connectivity index (χ4n) is 1.53. The van der Waals surface area contributed by atoms with E-state index in [1.165, 1.54) is 0 Å². The first-order valence-corrected chi connectivity index (χ1v) is 6.16. The van der Waals surface area contributed by atoms with E-state index < -0.39 is 17.5 Å². The molecule has 0 saturated heterocycles. The molecule has 18 heavy (non-hydrogen) atoms. The van der Waals surface area contributed by atoms with Crippen LogP contribution in [0, 0.1) is 18.6 Å². The SMILES string of the molecule is Cc1ccc(CNC(=O)c2cc(F)cc(F)c2)s1. The van der Waals surface area contributed by atoms with E-state index in [2.05, 4.69) is 5.32 Å². The minimum Gasteiger partial charge on any atom is -0.347 e. The number of carbonyl (C=O) groups excluding carboxylic acids is 1. The first-order chi connectivity index (χ1) is 8.54. The topological polar surface area (TPSA) is 29.1 Å². The van der Waals surface area contributed by atoms with Gasteiger partial charge in [0.1, 0.15) is 11.6 Å². The zero-order chi connectivity index (χ0) is 13.1. The van der Waals surface area contributed by atoms with Gasteiger partial charge >= 0.3 is 0 Å². The Bertz CT molecular complexity index is 560.